The van der Waals surface area contributed by atoms with Crippen molar-refractivity contribution in [1.82, 2.24) is 0 Å². The molecule has 0 radical (unpaired) electrons. The first-order chi connectivity index (χ1) is 19.4. The summed E-state index contributed by atoms with van der Waals surface area (Å²) in [6, 6.07) is 4.38. The first kappa shape index (κ1) is 36.7. The lowest BCUT2D eigenvalue weighted by atomic mass is 9.86. The Morgan fingerprint density at radius 2 is 1.38 bits per heavy atom. The molecule has 0 aliphatic heterocycles. The van der Waals surface area contributed by atoms with E-state index in [4.69, 9.17) is 34.2 Å². The minimum atomic E-state index is -1.60. The van der Waals surface area contributed by atoms with Gasteiger partial charge in [-0.05, 0) is 71.1 Å². The highest BCUT2D eigenvalue weighted by molar-refractivity contribution is 5.81. The van der Waals surface area contributed by atoms with Crippen molar-refractivity contribution in [3.05, 3.63) is 23.8 Å². The number of hydrogen-bond donors (Lipinski definition) is 1. The Balaban J connectivity index is 3.32. The number of ether oxygens (including phenoxy) is 6. The highest BCUT2D eigenvalue weighted by atomic mass is 16.8. The summed E-state index contributed by atoms with van der Waals surface area (Å²) in [4.78, 5) is 50.3. The summed E-state index contributed by atoms with van der Waals surface area (Å²) in [5, 5.41) is 0. The molecule has 2 unspecified atom stereocenters. The van der Waals surface area contributed by atoms with Crippen LogP contribution in [0.2, 0.25) is 0 Å². The van der Waals surface area contributed by atoms with Crippen molar-refractivity contribution >= 4 is 24.2 Å². The van der Waals surface area contributed by atoms with Gasteiger partial charge in [0, 0.05) is 19.3 Å². The number of nitrogens with two attached hydrogens (primary N) is 1. The second-order valence-electron chi connectivity index (χ2n) is 12.0. The highest BCUT2D eigenvalue weighted by Gasteiger charge is 2.38. The minimum absolute atomic E-state index is 0.0362. The highest BCUT2D eigenvalue weighted by Crippen LogP contribution is 2.33. The fourth-order valence-corrected chi connectivity index (χ4v) is 3.69. The molecule has 1 aromatic rings. The molecule has 0 saturated heterocycles. The molecule has 0 fully saturated rings. The number of hydrogen-bond acceptors (Lipinski definition) is 11. The third-order valence-corrected chi connectivity index (χ3v) is 7.12. The van der Waals surface area contributed by atoms with Crippen molar-refractivity contribution in [2.75, 3.05) is 7.11 Å². The molecular formula is C31H49NO10. The zero-order valence-corrected chi connectivity index (χ0v) is 26.8. The summed E-state index contributed by atoms with van der Waals surface area (Å²) >= 11 is 0. The van der Waals surface area contributed by atoms with E-state index in [-0.39, 0.29) is 42.6 Å². The summed E-state index contributed by atoms with van der Waals surface area (Å²) < 4.78 is 32.0. The molecule has 11 heteroatoms. The van der Waals surface area contributed by atoms with Gasteiger partial charge in [-0.1, -0.05) is 40.2 Å². The van der Waals surface area contributed by atoms with Gasteiger partial charge in [0.2, 0.25) is 0 Å². The maximum absolute atomic E-state index is 12.8. The molecule has 1 rings (SSSR count). The maximum Gasteiger partial charge on any atom is 0.514 e. The van der Waals surface area contributed by atoms with Crippen LogP contribution in [0.4, 0.5) is 9.59 Å². The second-order valence-corrected chi connectivity index (χ2v) is 12.0. The first-order valence-corrected chi connectivity index (χ1v) is 14.4. The van der Waals surface area contributed by atoms with Crippen LogP contribution in [-0.4, -0.2) is 54.2 Å². The predicted octanol–water partition coefficient (Wildman–Crippen LogP) is 6.27. The molecule has 0 amide bonds. The SMILES string of the molecule is CCC(C)CC(=O)O[C@@H](C)CC(N)(Cc1ccc(OC(=O)OC(C)(C)CC)c(OC(=O)OC(C)(C)CC)c1)C(=O)OC. The molecule has 3 atom stereocenters. The number of carbonyl (C=O) groups excluding carboxylic acids is 4. The van der Waals surface area contributed by atoms with E-state index in [1.807, 2.05) is 27.7 Å². The molecule has 0 aliphatic carbocycles. The van der Waals surface area contributed by atoms with Crippen LogP contribution in [0.1, 0.15) is 100.0 Å². The lowest BCUT2D eigenvalue weighted by molar-refractivity contribution is -0.155. The topological polar surface area (TPSA) is 150 Å². The van der Waals surface area contributed by atoms with Crippen molar-refractivity contribution in [3.63, 3.8) is 0 Å². The van der Waals surface area contributed by atoms with Crippen LogP contribution in [0.3, 0.4) is 0 Å². The van der Waals surface area contributed by atoms with E-state index in [9.17, 15) is 19.2 Å². The minimum Gasteiger partial charge on any atom is -0.468 e. The largest absolute Gasteiger partial charge is 0.514 e. The molecule has 2 N–H and O–H groups in total. The van der Waals surface area contributed by atoms with Gasteiger partial charge >= 0.3 is 24.2 Å². The average Bonchev–Trinajstić information content (AvgIpc) is 2.88. The molecule has 238 valence electrons. The third kappa shape index (κ3) is 12.3. The third-order valence-electron chi connectivity index (χ3n) is 7.12. The average molecular weight is 596 g/mol. The standard InChI is InChI=1S/C31H49NO10/c1-11-20(4)16-25(33)38-21(5)18-31(32,26(34)37-10)19-22-14-15-23(39-27(35)41-29(6,7)12-2)24(17-22)40-28(36)42-30(8,9)13-3/h14-15,17,20-21H,11-13,16,18-19,32H2,1-10H3/t20?,21-,31?/m0/s1. The van der Waals surface area contributed by atoms with Gasteiger partial charge in [0.1, 0.15) is 22.8 Å². The molecule has 0 aliphatic rings. The van der Waals surface area contributed by atoms with Gasteiger partial charge in [0.15, 0.2) is 11.5 Å². The lowest BCUT2D eigenvalue weighted by Gasteiger charge is -2.30. The molecule has 1 aromatic carbocycles. The second kappa shape index (κ2) is 15.8. The van der Waals surface area contributed by atoms with E-state index >= 15 is 0 Å². The van der Waals surface area contributed by atoms with Crippen LogP contribution >= 0.6 is 0 Å². The van der Waals surface area contributed by atoms with Gasteiger partial charge in [-0.25, -0.2) is 9.59 Å². The molecule has 0 bridgehead atoms. The molecular weight excluding hydrogens is 546 g/mol. The van der Waals surface area contributed by atoms with Crippen LogP contribution in [-0.2, 0) is 35.0 Å². The summed E-state index contributed by atoms with van der Waals surface area (Å²) in [7, 11) is 1.21. The van der Waals surface area contributed by atoms with Gasteiger partial charge in [-0.2, -0.15) is 0 Å². The quantitative estimate of drug-likeness (QED) is 0.139. The van der Waals surface area contributed by atoms with Crippen molar-refractivity contribution < 1.29 is 47.6 Å². The smallest absolute Gasteiger partial charge is 0.468 e. The maximum atomic E-state index is 12.8. The number of rotatable bonds is 15. The number of esters is 2. The zero-order valence-electron chi connectivity index (χ0n) is 26.8. The van der Waals surface area contributed by atoms with Crippen LogP contribution in [0.15, 0.2) is 18.2 Å². The molecule has 0 spiro atoms. The monoisotopic (exact) mass is 595 g/mol. The number of carbonyl (C=O) groups is 4. The fraction of sp³-hybridized carbons (Fsp3) is 0.677. The Morgan fingerprint density at radius 1 is 0.857 bits per heavy atom. The normalized spacial score (nSPS) is 14.5. The van der Waals surface area contributed by atoms with E-state index in [0.29, 0.717) is 18.4 Å². The van der Waals surface area contributed by atoms with Gasteiger partial charge < -0.3 is 34.2 Å². The van der Waals surface area contributed by atoms with E-state index in [0.717, 1.165) is 6.42 Å². The van der Waals surface area contributed by atoms with Crippen molar-refractivity contribution in [3.8, 4) is 11.5 Å². The lowest BCUT2D eigenvalue weighted by Crippen LogP contribution is -2.53. The summed E-state index contributed by atoms with van der Waals surface area (Å²) in [5.74, 6) is -1.18. The van der Waals surface area contributed by atoms with E-state index < -0.39 is 41.1 Å². The number of benzene rings is 1. The van der Waals surface area contributed by atoms with E-state index in [2.05, 4.69) is 0 Å². The van der Waals surface area contributed by atoms with Crippen LogP contribution in [0.25, 0.3) is 0 Å². The van der Waals surface area contributed by atoms with Crippen molar-refractivity contribution in [2.45, 2.75) is 124 Å². The molecule has 0 heterocycles. The number of methoxy groups -OCH3 is 1. The van der Waals surface area contributed by atoms with Crippen molar-refractivity contribution in [1.29, 1.82) is 0 Å². The van der Waals surface area contributed by atoms with E-state index in [1.54, 1.807) is 40.7 Å². The Kier molecular flexibility index (Phi) is 13.8. The summed E-state index contributed by atoms with van der Waals surface area (Å²) in [5.41, 5.74) is 3.81. The fourth-order valence-electron chi connectivity index (χ4n) is 3.69. The molecule has 42 heavy (non-hydrogen) atoms. The van der Waals surface area contributed by atoms with Crippen LogP contribution in [0, 0.1) is 5.92 Å². The Labute approximate surface area is 249 Å². The van der Waals surface area contributed by atoms with Crippen LogP contribution < -0.4 is 15.2 Å². The molecule has 0 saturated carbocycles. The summed E-state index contributed by atoms with van der Waals surface area (Å²) in [6.07, 6.45) is -0.656. The molecule has 11 nitrogen and oxygen atoms in total. The summed E-state index contributed by atoms with van der Waals surface area (Å²) in [6.45, 7) is 16.2. The Hall–Kier alpha value is -3.34. The zero-order chi connectivity index (χ0) is 32.3. The predicted molar refractivity (Wildman–Crippen MR) is 156 cm³/mol. The van der Waals surface area contributed by atoms with E-state index in [1.165, 1.54) is 19.2 Å². The van der Waals surface area contributed by atoms with Gasteiger partial charge in [0.05, 0.1) is 7.11 Å². The van der Waals surface area contributed by atoms with Gasteiger partial charge in [-0.3, -0.25) is 9.59 Å². The Morgan fingerprint density at radius 3 is 1.86 bits per heavy atom. The van der Waals surface area contributed by atoms with Crippen molar-refractivity contribution in [2.24, 2.45) is 11.7 Å². The van der Waals surface area contributed by atoms with Crippen LogP contribution in [0.5, 0.6) is 11.5 Å². The van der Waals surface area contributed by atoms with Gasteiger partial charge in [-0.15, -0.1) is 0 Å². The van der Waals surface area contributed by atoms with Gasteiger partial charge in [0.25, 0.3) is 0 Å². The molecule has 0 aromatic heterocycles. The first-order valence-electron chi connectivity index (χ1n) is 14.4. The Bertz CT molecular complexity index is 1080.